The van der Waals surface area contributed by atoms with Crippen molar-refractivity contribution < 1.29 is 18.3 Å². The smallest absolute Gasteiger partial charge is 0.346 e. The van der Waals surface area contributed by atoms with Crippen molar-refractivity contribution in [2.75, 3.05) is 18.0 Å². The molecule has 11 heteroatoms. The molecular weight excluding hydrogens is 401 g/mol. The Morgan fingerprint density at radius 1 is 1.27 bits per heavy atom. The van der Waals surface area contributed by atoms with Crippen molar-refractivity contribution in [3.63, 3.8) is 0 Å². The van der Waals surface area contributed by atoms with Crippen LogP contribution in [0.2, 0.25) is 0 Å². The van der Waals surface area contributed by atoms with Gasteiger partial charge in [0.2, 0.25) is 0 Å². The highest BCUT2D eigenvalue weighted by Gasteiger charge is 2.36. The lowest BCUT2D eigenvalue weighted by molar-refractivity contribution is 0.0182. The second-order valence-corrected chi connectivity index (χ2v) is 6.91. The predicted molar refractivity (Wildman–Crippen MR) is 102 cm³/mol. The number of aliphatic hydroxyl groups is 1. The van der Waals surface area contributed by atoms with Crippen molar-refractivity contribution in [1.82, 2.24) is 24.7 Å². The molecule has 0 aliphatic heterocycles. The maximum absolute atomic E-state index is 14.6. The first-order valence-corrected chi connectivity index (χ1v) is 9.32. The Bertz CT molecular complexity index is 1040. The van der Waals surface area contributed by atoms with E-state index in [9.17, 15) is 23.1 Å². The Balaban J connectivity index is 2.06. The zero-order valence-electron chi connectivity index (χ0n) is 16.2. The van der Waals surface area contributed by atoms with E-state index in [4.69, 9.17) is 0 Å². The highest BCUT2D eigenvalue weighted by molar-refractivity contribution is 5.40. The Kier molecular flexibility index (Phi) is 6.50. The topological polar surface area (TPSA) is 99.9 Å². The van der Waals surface area contributed by atoms with Gasteiger partial charge in [0.1, 0.15) is 35.7 Å². The first-order valence-electron chi connectivity index (χ1n) is 9.32. The minimum absolute atomic E-state index is 0.178. The molecule has 8 nitrogen and oxygen atoms in total. The predicted octanol–water partition coefficient (Wildman–Crippen LogP) is 1.97. The zero-order valence-corrected chi connectivity index (χ0v) is 16.2. The highest BCUT2D eigenvalue weighted by Crippen LogP contribution is 2.29. The number of hydrogen-bond acceptors (Lipinski definition) is 6. The van der Waals surface area contributed by atoms with Crippen molar-refractivity contribution in [2.24, 2.45) is 0 Å². The summed E-state index contributed by atoms with van der Waals surface area (Å²) in [6.07, 6.45) is 4.71. The molecule has 1 unspecified atom stereocenters. The molecule has 0 radical (unpaired) electrons. The average molecular weight is 422 g/mol. The number of aromatic nitrogens is 5. The number of rotatable bonds is 9. The molecule has 3 rings (SSSR count). The molecular formula is C19H21F3N6O2. The standard InChI is InChI=1S/C19H21F3N6O2/c1-2-3-6-27(17-16(22)8-24-18(29)26-17)9-19(30,10-28-12-23-11-25-28)14-5-4-13(20)7-15(14)21/h4-5,7-8,11-12,30H,2-3,6,9-10H2,1H3,(H,24,26,29). The summed E-state index contributed by atoms with van der Waals surface area (Å²) in [5.41, 5.74) is -2.91. The number of aromatic amines is 1. The Labute approximate surface area is 170 Å². The van der Waals surface area contributed by atoms with Gasteiger partial charge in [-0.1, -0.05) is 19.4 Å². The molecule has 160 valence electrons. The number of hydrogen-bond donors (Lipinski definition) is 2. The van der Waals surface area contributed by atoms with Crippen LogP contribution >= 0.6 is 0 Å². The maximum atomic E-state index is 14.6. The molecule has 1 atom stereocenters. The van der Waals surface area contributed by atoms with E-state index >= 15 is 0 Å². The fraction of sp³-hybridized carbons (Fsp3) is 0.368. The maximum Gasteiger partial charge on any atom is 0.346 e. The van der Waals surface area contributed by atoms with Gasteiger partial charge in [0, 0.05) is 18.2 Å². The van der Waals surface area contributed by atoms with E-state index < -0.39 is 28.7 Å². The summed E-state index contributed by atoms with van der Waals surface area (Å²) in [6.45, 7) is 1.63. The van der Waals surface area contributed by atoms with Gasteiger partial charge in [0.05, 0.1) is 19.3 Å². The third-order valence-electron chi connectivity index (χ3n) is 4.62. The van der Waals surface area contributed by atoms with Crippen LogP contribution in [0.3, 0.4) is 0 Å². The summed E-state index contributed by atoms with van der Waals surface area (Å²) >= 11 is 0. The molecule has 0 spiro atoms. The van der Waals surface area contributed by atoms with E-state index in [0.717, 1.165) is 24.8 Å². The Morgan fingerprint density at radius 3 is 2.73 bits per heavy atom. The first-order chi connectivity index (χ1) is 14.3. The lowest BCUT2D eigenvalue weighted by atomic mass is 9.92. The normalized spacial score (nSPS) is 13.2. The van der Waals surface area contributed by atoms with Gasteiger partial charge < -0.3 is 10.0 Å². The molecule has 0 fully saturated rings. The number of unbranched alkanes of at least 4 members (excludes halogenated alkanes) is 1. The third kappa shape index (κ3) is 4.85. The van der Waals surface area contributed by atoms with Crippen LogP contribution in [0.25, 0.3) is 0 Å². The molecule has 0 amide bonds. The number of benzene rings is 1. The van der Waals surface area contributed by atoms with Crippen LogP contribution in [0.4, 0.5) is 19.0 Å². The van der Waals surface area contributed by atoms with E-state index in [1.54, 1.807) is 0 Å². The SMILES string of the molecule is CCCCN(CC(O)(Cn1cncn1)c1ccc(F)cc1F)c1[nH]c(=O)ncc1F. The Hall–Kier alpha value is -3.21. The van der Waals surface area contributed by atoms with Crippen molar-refractivity contribution >= 4 is 5.82 Å². The highest BCUT2D eigenvalue weighted by atomic mass is 19.1. The quantitative estimate of drug-likeness (QED) is 0.547. The van der Waals surface area contributed by atoms with Crippen molar-refractivity contribution in [1.29, 1.82) is 0 Å². The van der Waals surface area contributed by atoms with Gasteiger partial charge >= 0.3 is 5.69 Å². The summed E-state index contributed by atoms with van der Waals surface area (Å²) in [4.78, 5) is 22.5. The van der Waals surface area contributed by atoms with Crippen LogP contribution in [0.5, 0.6) is 0 Å². The van der Waals surface area contributed by atoms with Gasteiger partial charge in [-0.2, -0.15) is 10.1 Å². The van der Waals surface area contributed by atoms with Crippen LogP contribution in [0.1, 0.15) is 25.3 Å². The molecule has 2 N–H and O–H groups in total. The second-order valence-electron chi connectivity index (χ2n) is 6.91. The molecule has 0 saturated carbocycles. The summed E-state index contributed by atoms with van der Waals surface area (Å²) in [7, 11) is 0. The fourth-order valence-electron chi connectivity index (χ4n) is 3.20. The van der Waals surface area contributed by atoms with Crippen LogP contribution < -0.4 is 10.6 Å². The largest absolute Gasteiger partial charge is 0.381 e. The number of nitrogens with one attached hydrogen (secondary N) is 1. The van der Waals surface area contributed by atoms with Crippen LogP contribution in [-0.2, 0) is 12.1 Å². The van der Waals surface area contributed by atoms with Gasteiger partial charge in [0.15, 0.2) is 5.82 Å². The van der Waals surface area contributed by atoms with Crippen LogP contribution in [-0.4, -0.2) is 42.9 Å². The summed E-state index contributed by atoms with van der Waals surface area (Å²) < 4.78 is 43.8. The van der Waals surface area contributed by atoms with Crippen LogP contribution in [0.15, 0.2) is 41.8 Å². The van der Waals surface area contributed by atoms with Crippen LogP contribution in [0, 0.1) is 17.5 Å². The zero-order chi connectivity index (χ0) is 21.7. The number of nitrogens with zero attached hydrogens (tertiary/aromatic N) is 5. The van der Waals surface area contributed by atoms with Gasteiger partial charge in [-0.15, -0.1) is 0 Å². The first kappa shape index (κ1) is 21.5. The molecule has 0 aliphatic rings. The molecule has 1 aromatic carbocycles. The summed E-state index contributed by atoms with van der Waals surface area (Å²) in [5, 5.41) is 15.4. The average Bonchev–Trinajstić information content (AvgIpc) is 3.19. The minimum atomic E-state index is -1.95. The lowest BCUT2D eigenvalue weighted by Crippen LogP contribution is -2.46. The van der Waals surface area contributed by atoms with Gasteiger partial charge in [-0.05, 0) is 12.5 Å². The minimum Gasteiger partial charge on any atom is -0.381 e. The fourth-order valence-corrected chi connectivity index (χ4v) is 3.20. The molecule has 0 saturated heterocycles. The van der Waals surface area contributed by atoms with E-state index in [0.29, 0.717) is 12.5 Å². The van der Waals surface area contributed by atoms with Gasteiger partial charge in [-0.25, -0.2) is 27.6 Å². The number of anilines is 1. The Morgan fingerprint density at radius 2 is 2.07 bits per heavy atom. The number of halogens is 3. The molecule has 30 heavy (non-hydrogen) atoms. The summed E-state index contributed by atoms with van der Waals surface area (Å²) in [5.74, 6) is -2.74. The van der Waals surface area contributed by atoms with Crippen molar-refractivity contribution in [3.05, 3.63) is 70.5 Å². The van der Waals surface area contributed by atoms with E-state index in [1.165, 1.54) is 22.2 Å². The molecule has 2 heterocycles. The van der Waals surface area contributed by atoms with Crippen molar-refractivity contribution in [3.8, 4) is 0 Å². The van der Waals surface area contributed by atoms with Gasteiger partial charge in [0.25, 0.3) is 0 Å². The molecule has 3 aromatic rings. The van der Waals surface area contributed by atoms with Crippen molar-refractivity contribution in [2.45, 2.75) is 31.9 Å². The van der Waals surface area contributed by atoms with Gasteiger partial charge in [-0.3, -0.25) is 4.98 Å². The lowest BCUT2D eigenvalue weighted by Gasteiger charge is -2.35. The second kappa shape index (κ2) is 9.08. The van der Waals surface area contributed by atoms with E-state index in [-0.39, 0.29) is 31.0 Å². The van der Waals surface area contributed by atoms with E-state index in [2.05, 4.69) is 20.1 Å². The summed E-state index contributed by atoms with van der Waals surface area (Å²) in [6, 6.07) is 2.81. The van der Waals surface area contributed by atoms with E-state index in [1.807, 2.05) is 6.92 Å². The molecule has 0 aliphatic carbocycles. The number of H-pyrrole nitrogens is 1. The third-order valence-corrected chi connectivity index (χ3v) is 4.62. The monoisotopic (exact) mass is 422 g/mol. The molecule has 2 aromatic heterocycles. The molecule has 0 bridgehead atoms.